The third-order valence-electron chi connectivity index (χ3n) is 7.60. The van der Waals surface area contributed by atoms with Crippen LogP contribution in [0.4, 0.5) is 11.8 Å². The summed E-state index contributed by atoms with van der Waals surface area (Å²) in [6, 6.07) is 12.2. The van der Waals surface area contributed by atoms with E-state index in [1.807, 2.05) is 61.2 Å². The lowest BCUT2D eigenvalue weighted by Gasteiger charge is -2.25. The molecule has 0 saturated carbocycles. The Bertz CT molecular complexity index is 1180. The van der Waals surface area contributed by atoms with Crippen LogP contribution in [0.1, 0.15) is 49.8 Å². The van der Waals surface area contributed by atoms with Gasteiger partial charge >= 0.3 is 0 Å². The zero-order chi connectivity index (χ0) is 24.2. The van der Waals surface area contributed by atoms with Crippen LogP contribution in [0.3, 0.4) is 0 Å². The smallest absolute Gasteiger partial charge is 0.276 e. The van der Waals surface area contributed by atoms with E-state index in [0.717, 1.165) is 61.8 Å². The quantitative estimate of drug-likeness (QED) is 0.562. The van der Waals surface area contributed by atoms with E-state index in [9.17, 15) is 4.79 Å². The summed E-state index contributed by atoms with van der Waals surface area (Å²) in [5, 5.41) is 3.49. The van der Waals surface area contributed by atoms with Gasteiger partial charge in [0.2, 0.25) is 5.95 Å². The number of para-hydroxylation sites is 1. The van der Waals surface area contributed by atoms with Crippen molar-refractivity contribution < 1.29 is 0 Å². The summed E-state index contributed by atoms with van der Waals surface area (Å²) < 4.78 is 3.74. The number of nitrogens with one attached hydrogen (secondary N) is 1. The van der Waals surface area contributed by atoms with Crippen molar-refractivity contribution >= 4 is 11.8 Å². The maximum atomic E-state index is 13.4. The summed E-state index contributed by atoms with van der Waals surface area (Å²) in [6.45, 7) is 6.64. The first-order chi connectivity index (χ1) is 17.1. The summed E-state index contributed by atoms with van der Waals surface area (Å²) in [4.78, 5) is 27.5. The maximum Gasteiger partial charge on any atom is 0.276 e. The predicted molar refractivity (Wildman–Crippen MR) is 140 cm³/mol. The van der Waals surface area contributed by atoms with Gasteiger partial charge in [0, 0.05) is 51.2 Å². The lowest BCUT2D eigenvalue weighted by molar-refractivity contribution is 0.252. The number of hydrogen-bond acceptors (Lipinski definition) is 6. The van der Waals surface area contributed by atoms with Crippen LogP contribution in [-0.2, 0) is 13.6 Å². The molecule has 0 bridgehead atoms. The summed E-state index contributed by atoms with van der Waals surface area (Å²) in [6.07, 6.45) is 9.19. The van der Waals surface area contributed by atoms with Gasteiger partial charge in [-0.25, -0.2) is 9.67 Å². The van der Waals surface area contributed by atoms with Gasteiger partial charge in [0.25, 0.3) is 5.56 Å². The highest BCUT2D eigenvalue weighted by Crippen LogP contribution is 2.22. The number of nitrogens with zero attached hydrogens (tertiary/aromatic N) is 6. The summed E-state index contributed by atoms with van der Waals surface area (Å²) in [5.74, 6) is 1.72. The van der Waals surface area contributed by atoms with Gasteiger partial charge < -0.3 is 10.2 Å². The third-order valence-corrected chi connectivity index (χ3v) is 7.60. The van der Waals surface area contributed by atoms with Crippen molar-refractivity contribution in [3.8, 4) is 5.69 Å². The molecular weight excluding hydrogens is 438 g/mol. The molecule has 1 unspecified atom stereocenters. The average molecular weight is 476 g/mol. The summed E-state index contributed by atoms with van der Waals surface area (Å²) in [5.41, 5.74) is 2.87. The van der Waals surface area contributed by atoms with Crippen molar-refractivity contribution in [2.24, 2.45) is 7.05 Å². The molecule has 2 fully saturated rings. The minimum Gasteiger partial charge on any atom is -0.356 e. The van der Waals surface area contributed by atoms with Gasteiger partial charge in [0.05, 0.1) is 11.3 Å². The SMILES string of the molecule is Cc1c(CN2CCCC2CNc2nccc(N3CCCCCC3)n2)c(=O)n(-c2ccccc2)n1C. The third kappa shape index (κ3) is 5.12. The molecule has 3 aromatic rings. The predicted octanol–water partition coefficient (Wildman–Crippen LogP) is 3.73. The van der Waals surface area contributed by atoms with E-state index < -0.39 is 0 Å². The fourth-order valence-corrected chi connectivity index (χ4v) is 5.46. The maximum absolute atomic E-state index is 13.4. The van der Waals surface area contributed by atoms with Crippen molar-refractivity contribution in [3.63, 3.8) is 0 Å². The van der Waals surface area contributed by atoms with Gasteiger partial charge in [-0.05, 0) is 57.4 Å². The Labute approximate surface area is 207 Å². The molecule has 0 aliphatic carbocycles. The highest BCUT2D eigenvalue weighted by atomic mass is 16.1. The normalized spacial score (nSPS) is 19.1. The van der Waals surface area contributed by atoms with Crippen LogP contribution < -0.4 is 15.8 Å². The molecule has 0 spiro atoms. The molecule has 1 aromatic carbocycles. The molecule has 1 atom stereocenters. The first-order valence-electron chi connectivity index (χ1n) is 13.0. The fourth-order valence-electron chi connectivity index (χ4n) is 5.46. The van der Waals surface area contributed by atoms with Crippen molar-refractivity contribution in [3.05, 3.63) is 64.2 Å². The topological polar surface area (TPSA) is 71.2 Å². The number of rotatable bonds is 7. The Morgan fingerprint density at radius 2 is 1.77 bits per heavy atom. The van der Waals surface area contributed by atoms with Crippen LogP contribution in [0, 0.1) is 6.92 Å². The molecular formula is C27H37N7O. The van der Waals surface area contributed by atoms with E-state index in [4.69, 9.17) is 4.98 Å². The molecule has 2 aromatic heterocycles. The van der Waals surface area contributed by atoms with Crippen molar-refractivity contribution in [2.75, 3.05) is 36.4 Å². The van der Waals surface area contributed by atoms with Crippen LogP contribution in [0.2, 0.25) is 0 Å². The Kier molecular flexibility index (Phi) is 7.18. The molecule has 0 amide bonds. The number of benzene rings is 1. The van der Waals surface area contributed by atoms with E-state index >= 15 is 0 Å². The minimum absolute atomic E-state index is 0.0725. The Morgan fingerprint density at radius 3 is 2.54 bits per heavy atom. The van der Waals surface area contributed by atoms with Gasteiger partial charge in [0.15, 0.2) is 0 Å². The van der Waals surface area contributed by atoms with Gasteiger partial charge in [0.1, 0.15) is 5.82 Å². The van der Waals surface area contributed by atoms with Gasteiger partial charge in [-0.3, -0.25) is 14.4 Å². The molecule has 5 rings (SSSR count). The van der Waals surface area contributed by atoms with Gasteiger partial charge in [-0.15, -0.1) is 0 Å². The first kappa shape index (κ1) is 23.6. The number of likely N-dealkylation sites (tertiary alicyclic amines) is 1. The van der Waals surface area contributed by atoms with Gasteiger partial charge in [-0.2, -0.15) is 4.98 Å². The molecule has 35 heavy (non-hydrogen) atoms. The lowest BCUT2D eigenvalue weighted by atomic mass is 10.2. The van der Waals surface area contributed by atoms with E-state index in [-0.39, 0.29) is 5.56 Å². The Hall–Kier alpha value is -3.13. The fraction of sp³-hybridized carbons (Fsp3) is 0.519. The van der Waals surface area contributed by atoms with Crippen LogP contribution in [-0.4, -0.2) is 56.5 Å². The molecule has 4 heterocycles. The van der Waals surface area contributed by atoms with Crippen molar-refractivity contribution in [2.45, 2.75) is 58.0 Å². The summed E-state index contributed by atoms with van der Waals surface area (Å²) in [7, 11) is 1.96. The van der Waals surface area contributed by atoms with Crippen LogP contribution >= 0.6 is 0 Å². The molecule has 2 saturated heterocycles. The number of hydrogen-bond donors (Lipinski definition) is 1. The highest BCUT2D eigenvalue weighted by Gasteiger charge is 2.27. The molecule has 8 nitrogen and oxygen atoms in total. The summed E-state index contributed by atoms with van der Waals surface area (Å²) >= 11 is 0. The number of aromatic nitrogens is 4. The zero-order valence-corrected chi connectivity index (χ0v) is 21.0. The van der Waals surface area contributed by atoms with E-state index in [0.29, 0.717) is 18.5 Å². The van der Waals surface area contributed by atoms with E-state index in [2.05, 4.69) is 20.1 Å². The van der Waals surface area contributed by atoms with Crippen LogP contribution in [0.5, 0.6) is 0 Å². The second-order valence-electron chi connectivity index (χ2n) is 9.83. The standard InChI is InChI=1S/C27H37N7O/c1-21-24(26(35)34(31(21)2)22-11-6-5-7-12-22)20-33-18-10-13-23(33)19-29-27-28-15-14-25(30-27)32-16-8-3-4-9-17-32/h5-7,11-12,14-15,23H,3-4,8-10,13,16-20H2,1-2H3,(H,28,29,30). The largest absolute Gasteiger partial charge is 0.356 e. The van der Waals surface area contributed by atoms with Crippen molar-refractivity contribution in [1.29, 1.82) is 0 Å². The minimum atomic E-state index is 0.0725. The lowest BCUT2D eigenvalue weighted by Crippen LogP contribution is -2.36. The Morgan fingerprint density at radius 1 is 1.00 bits per heavy atom. The second-order valence-corrected chi connectivity index (χ2v) is 9.83. The van der Waals surface area contributed by atoms with E-state index in [1.165, 1.54) is 25.7 Å². The molecule has 2 aliphatic heterocycles. The van der Waals surface area contributed by atoms with E-state index in [1.54, 1.807) is 4.68 Å². The molecule has 8 heteroatoms. The second kappa shape index (κ2) is 10.6. The molecule has 0 radical (unpaired) electrons. The molecule has 1 N–H and O–H groups in total. The van der Waals surface area contributed by atoms with Crippen LogP contribution in [0.25, 0.3) is 5.69 Å². The van der Waals surface area contributed by atoms with Crippen LogP contribution in [0.15, 0.2) is 47.4 Å². The van der Waals surface area contributed by atoms with Gasteiger partial charge in [-0.1, -0.05) is 31.0 Å². The molecule has 2 aliphatic rings. The highest BCUT2D eigenvalue weighted by molar-refractivity contribution is 5.42. The first-order valence-corrected chi connectivity index (χ1v) is 13.0. The van der Waals surface area contributed by atoms with Crippen molar-refractivity contribution in [1.82, 2.24) is 24.2 Å². The molecule has 186 valence electrons. The average Bonchev–Trinajstić information content (AvgIpc) is 3.26. The zero-order valence-electron chi connectivity index (χ0n) is 21.0. The monoisotopic (exact) mass is 475 g/mol. The number of anilines is 2. The Balaban J connectivity index is 1.27.